The molecule has 1 aliphatic rings. The van der Waals surface area contributed by atoms with Gasteiger partial charge in [0.05, 0.1) is 42.6 Å². The zero-order chi connectivity index (χ0) is 29.1. The maximum atomic E-state index is 13.0. The molecule has 0 spiro atoms. The van der Waals surface area contributed by atoms with Crippen molar-refractivity contribution >= 4 is 23.4 Å². The summed E-state index contributed by atoms with van der Waals surface area (Å²) in [6.07, 6.45) is 7.12. The number of rotatable bonds is 6. The van der Waals surface area contributed by atoms with Crippen LogP contribution in [0.3, 0.4) is 0 Å². The van der Waals surface area contributed by atoms with Crippen LogP contribution in [0.5, 0.6) is 0 Å². The molecule has 0 saturated carbocycles. The zero-order valence-electron chi connectivity index (χ0n) is 23.4. The van der Waals surface area contributed by atoms with Crippen LogP contribution in [0.25, 0.3) is 6.08 Å². The summed E-state index contributed by atoms with van der Waals surface area (Å²) < 4.78 is 5.68. The predicted octanol–water partition coefficient (Wildman–Crippen LogP) is 3.82. The molecule has 1 aromatic heterocycles. The lowest BCUT2D eigenvalue weighted by molar-refractivity contribution is -0.162. The first-order valence-electron chi connectivity index (χ1n) is 13.3. The van der Waals surface area contributed by atoms with E-state index in [1.54, 1.807) is 30.5 Å². The van der Waals surface area contributed by atoms with E-state index in [-0.39, 0.29) is 30.9 Å². The van der Waals surface area contributed by atoms with Crippen molar-refractivity contribution in [1.29, 1.82) is 0 Å². The second kappa shape index (κ2) is 16.0. The Morgan fingerprint density at radius 2 is 1.95 bits per heavy atom. The van der Waals surface area contributed by atoms with Crippen molar-refractivity contribution in [2.75, 3.05) is 6.61 Å². The van der Waals surface area contributed by atoms with Gasteiger partial charge in [0.2, 0.25) is 0 Å². The lowest BCUT2D eigenvalue weighted by atomic mass is 9.89. The highest BCUT2D eigenvalue weighted by Gasteiger charge is 2.34. The number of cyclic esters (lactones) is 1. The molecule has 1 aliphatic heterocycles. The molecule has 0 aromatic carbocycles. The summed E-state index contributed by atoms with van der Waals surface area (Å²) in [6, 6.07) is 0. The topological polar surface area (TPSA) is 140 Å². The molecule has 0 saturated heterocycles. The van der Waals surface area contributed by atoms with Crippen molar-refractivity contribution in [2.45, 2.75) is 90.3 Å². The Bertz CT molecular complexity index is 1090. The molecule has 0 unspecified atom stereocenters. The maximum Gasteiger partial charge on any atom is 0.334 e. The standard InChI is InChI=1S/C30H43NO7S/c1-6-18(2)12-19(3)13-20(4)27(36)28-25(34)11-9-7-8-10-23(33)15-26(35)24(16-32)29-31-22(17-39-29)14-21(5)30(37)38-28/h6-10,12,14,17,20,23-28,32-36H,11,13,15-16H2,1-5H3/t20-,23+,24-,25+,26-,27-,28+/m0/s1. The fraction of sp³-hybridized carbons (Fsp3) is 0.533. The molecule has 2 bridgehead atoms. The monoisotopic (exact) mass is 561 g/mol. The minimum Gasteiger partial charge on any atom is -0.453 e. The van der Waals surface area contributed by atoms with Crippen molar-refractivity contribution in [3.63, 3.8) is 0 Å². The molecular weight excluding hydrogens is 518 g/mol. The number of nitrogens with zero attached hydrogens (tertiary/aromatic N) is 1. The molecule has 7 atom stereocenters. The fourth-order valence-electron chi connectivity index (χ4n) is 4.37. The highest BCUT2D eigenvalue weighted by Crippen LogP contribution is 2.28. The lowest BCUT2D eigenvalue weighted by Crippen LogP contribution is -2.44. The normalized spacial score (nSPS) is 27.8. The first-order chi connectivity index (χ1) is 18.5. The number of allylic oxidation sites excluding steroid dienone is 6. The van der Waals surface area contributed by atoms with Crippen molar-refractivity contribution in [2.24, 2.45) is 5.92 Å². The van der Waals surface area contributed by atoms with Gasteiger partial charge in [0.1, 0.15) is 5.01 Å². The van der Waals surface area contributed by atoms with E-state index < -0.39 is 42.4 Å². The van der Waals surface area contributed by atoms with Gasteiger partial charge in [0.15, 0.2) is 6.10 Å². The van der Waals surface area contributed by atoms with E-state index in [2.05, 4.69) is 4.98 Å². The minimum atomic E-state index is -1.18. The smallest absolute Gasteiger partial charge is 0.334 e. The number of carbonyl (C=O) groups excluding carboxylic acids is 1. The molecule has 2 rings (SSSR count). The van der Waals surface area contributed by atoms with E-state index >= 15 is 0 Å². The van der Waals surface area contributed by atoms with Gasteiger partial charge in [-0.1, -0.05) is 54.5 Å². The largest absolute Gasteiger partial charge is 0.453 e. The van der Waals surface area contributed by atoms with E-state index in [4.69, 9.17) is 4.74 Å². The van der Waals surface area contributed by atoms with Crippen LogP contribution in [0, 0.1) is 5.92 Å². The average molecular weight is 562 g/mol. The minimum absolute atomic E-state index is 0.00187. The Morgan fingerprint density at radius 1 is 1.23 bits per heavy atom. The van der Waals surface area contributed by atoms with Gasteiger partial charge in [0, 0.05) is 17.4 Å². The number of carbonyl (C=O) groups is 1. The van der Waals surface area contributed by atoms with Gasteiger partial charge < -0.3 is 30.3 Å². The van der Waals surface area contributed by atoms with E-state index in [1.165, 1.54) is 23.5 Å². The van der Waals surface area contributed by atoms with Crippen molar-refractivity contribution < 1.29 is 35.1 Å². The number of fused-ring (bicyclic) bond motifs is 2. The van der Waals surface area contributed by atoms with E-state index in [0.29, 0.717) is 17.1 Å². The number of aromatic nitrogens is 1. The third kappa shape index (κ3) is 10.3. The van der Waals surface area contributed by atoms with Gasteiger partial charge in [-0.2, -0.15) is 0 Å². The van der Waals surface area contributed by atoms with Crippen molar-refractivity contribution in [1.82, 2.24) is 4.98 Å². The molecule has 0 fully saturated rings. The number of hydrogen-bond donors (Lipinski definition) is 5. The molecule has 5 N–H and O–H groups in total. The molecule has 0 amide bonds. The van der Waals surface area contributed by atoms with Gasteiger partial charge in [0.25, 0.3) is 0 Å². The van der Waals surface area contributed by atoms with Gasteiger partial charge in [-0.25, -0.2) is 9.78 Å². The molecule has 39 heavy (non-hydrogen) atoms. The van der Waals surface area contributed by atoms with Crippen LogP contribution in [0.1, 0.15) is 70.5 Å². The number of hydrogen-bond acceptors (Lipinski definition) is 9. The number of ether oxygens (including phenoxy) is 1. The van der Waals surface area contributed by atoms with Crippen LogP contribution in [0.4, 0.5) is 0 Å². The van der Waals surface area contributed by atoms with Crippen molar-refractivity contribution in [3.8, 4) is 0 Å². The van der Waals surface area contributed by atoms with Crippen LogP contribution in [0.2, 0.25) is 0 Å². The Balaban J connectivity index is 2.37. The van der Waals surface area contributed by atoms with Gasteiger partial charge in [-0.05, 0) is 52.5 Å². The van der Waals surface area contributed by atoms with Crippen molar-refractivity contribution in [3.05, 3.63) is 69.3 Å². The first-order valence-corrected chi connectivity index (χ1v) is 14.2. The Hall–Kier alpha value is -2.40. The van der Waals surface area contributed by atoms with Crippen LogP contribution < -0.4 is 0 Å². The third-order valence-electron chi connectivity index (χ3n) is 6.76. The summed E-state index contributed by atoms with van der Waals surface area (Å²) in [5, 5.41) is 55.0. The molecule has 8 nitrogen and oxygen atoms in total. The van der Waals surface area contributed by atoms with Crippen LogP contribution in [0.15, 0.2) is 58.6 Å². The second-order valence-corrected chi connectivity index (χ2v) is 11.2. The lowest BCUT2D eigenvalue weighted by Gasteiger charge is -2.31. The first kappa shape index (κ1) is 32.8. The number of aliphatic hydroxyl groups is 5. The summed E-state index contributed by atoms with van der Waals surface area (Å²) in [5.41, 5.74) is 2.83. The Kier molecular flexibility index (Phi) is 13.5. The SMILES string of the molecule is CC=C(C)C=C(C)C[C@H](C)[C@H](O)[C@@H]1OC(=O)C(C)=Cc2csc(n2)[C@@H](CO)[C@@H](O)C[C@H](O)C=CC=CC[C@H]1O. The summed E-state index contributed by atoms with van der Waals surface area (Å²) in [5.74, 6) is -1.68. The van der Waals surface area contributed by atoms with Crippen LogP contribution >= 0.6 is 11.3 Å². The number of esters is 1. The summed E-state index contributed by atoms with van der Waals surface area (Å²) in [7, 11) is 0. The Morgan fingerprint density at radius 3 is 2.62 bits per heavy atom. The summed E-state index contributed by atoms with van der Waals surface area (Å²) in [4.78, 5) is 17.5. The average Bonchev–Trinajstić information content (AvgIpc) is 3.33. The van der Waals surface area contributed by atoms with E-state index in [1.807, 2.05) is 39.8 Å². The highest BCUT2D eigenvalue weighted by molar-refractivity contribution is 7.09. The predicted molar refractivity (Wildman–Crippen MR) is 154 cm³/mol. The molecular formula is C30H43NO7S. The molecule has 0 radical (unpaired) electrons. The van der Waals surface area contributed by atoms with Crippen LogP contribution in [-0.4, -0.2) is 73.6 Å². The Labute approximate surface area is 235 Å². The van der Waals surface area contributed by atoms with E-state index in [0.717, 1.165) is 11.1 Å². The molecule has 9 heteroatoms. The summed E-state index contributed by atoms with van der Waals surface area (Å²) >= 11 is 1.23. The van der Waals surface area contributed by atoms with Gasteiger partial charge in [-0.3, -0.25) is 0 Å². The quantitative estimate of drug-likeness (QED) is 0.261. The maximum absolute atomic E-state index is 13.0. The van der Waals surface area contributed by atoms with Crippen LogP contribution in [-0.2, 0) is 9.53 Å². The molecule has 1 aromatic rings. The van der Waals surface area contributed by atoms with Gasteiger partial charge >= 0.3 is 5.97 Å². The second-order valence-electron chi connectivity index (χ2n) is 10.3. The summed E-state index contributed by atoms with van der Waals surface area (Å²) in [6.45, 7) is 8.98. The molecule has 0 aliphatic carbocycles. The van der Waals surface area contributed by atoms with Gasteiger partial charge in [-0.15, -0.1) is 11.3 Å². The third-order valence-corrected chi connectivity index (χ3v) is 7.76. The fourth-order valence-corrected chi connectivity index (χ4v) is 5.30. The highest BCUT2D eigenvalue weighted by atomic mass is 32.1. The van der Waals surface area contributed by atoms with E-state index in [9.17, 15) is 30.3 Å². The zero-order valence-corrected chi connectivity index (χ0v) is 24.2. The molecule has 2 heterocycles. The number of thiazole rings is 1. The molecule has 216 valence electrons. The number of aliphatic hydroxyl groups excluding tert-OH is 5.